The molecule has 15 heavy (non-hydrogen) atoms. The molecule has 2 rings (SSSR count). The van der Waals surface area contributed by atoms with Gasteiger partial charge in [-0.2, -0.15) is 0 Å². The molecule has 1 heterocycles. The maximum atomic E-state index is 3.46. The summed E-state index contributed by atoms with van der Waals surface area (Å²) in [7, 11) is 0. The third kappa shape index (κ3) is 1.76. The summed E-state index contributed by atoms with van der Waals surface area (Å²) in [5, 5.41) is 2.67. The third-order valence-corrected chi connectivity index (χ3v) is 12.2. The monoisotopic (exact) mass is 291 g/mol. The van der Waals surface area contributed by atoms with Crippen molar-refractivity contribution in [3.05, 3.63) is 40.7 Å². The normalized spacial score (nSPS) is 16.8. The summed E-state index contributed by atoms with van der Waals surface area (Å²) in [4.78, 5) is 3.46. The van der Waals surface area contributed by atoms with Gasteiger partial charge in [0.2, 0.25) is 0 Å². The van der Waals surface area contributed by atoms with Crippen molar-refractivity contribution in [2.24, 2.45) is 0 Å². The van der Waals surface area contributed by atoms with Crippen molar-refractivity contribution in [3.63, 3.8) is 0 Å². The van der Waals surface area contributed by atoms with Gasteiger partial charge in [0.05, 0.1) is 0 Å². The number of H-pyrrole nitrogens is 1. The van der Waals surface area contributed by atoms with Gasteiger partial charge >= 0.3 is 95.1 Å². The van der Waals surface area contributed by atoms with E-state index in [2.05, 4.69) is 55.4 Å². The van der Waals surface area contributed by atoms with E-state index in [4.69, 9.17) is 0 Å². The standard InChI is InChI=1S/C5H5.C4H4N.2C2H5.Ru/c2*1-2-4-5-3-1;2*1-2;/h1-3H,4H2;1-3,5H;2*1H2,2H3;. The zero-order valence-corrected chi connectivity index (χ0v) is 11.2. The molecule has 0 aromatic carbocycles. The van der Waals surface area contributed by atoms with E-state index >= 15 is 0 Å². The molecule has 1 aliphatic carbocycles. The number of aromatic amines is 1. The van der Waals surface area contributed by atoms with Crippen molar-refractivity contribution in [1.82, 2.24) is 4.98 Å². The summed E-state index contributed by atoms with van der Waals surface area (Å²) in [5.41, 5.74) is 0. The fourth-order valence-electron chi connectivity index (χ4n) is 2.07. The van der Waals surface area contributed by atoms with Gasteiger partial charge in [-0.15, -0.1) is 0 Å². The zero-order valence-electron chi connectivity index (χ0n) is 9.44. The molecule has 0 spiro atoms. The molecule has 0 saturated carbocycles. The molecule has 0 radical (unpaired) electrons. The Morgan fingerprint density at radius 2 is 2.13 bits per heavy atom. The first kappa shape index (κ1) is 10.9. The average Bonchev–Trinajstić information content (AvgIpc) is 2.92. The second kappa shape index (κ2) is 4.49. The summed E-state index contributed by atoms with van der Waals surface area (Å²) in [6.45, 7) is 4.71. The first-order chi connectivity index (χ1) is 7.33. The topological polar surface area (TPSA) is 15.8 Å². The Morgan fingerprint density at radius 1 is 1.33 bits per heavy atom. The Morgan fingerprint density at radius 3 is 2.60 bits per heavy atom. The summed E-state index contributed by atoms with van der Waals surface area (Å²) in [6.07, 6.45) is 10.1. The van der Waals surface area contributed by atoms with Crippen molar-refractivity contribution < 1.29 is 14.8 Å². The second-order valence-electron chi connectivity index (χ2n) is 3.50. The second-order valence-corrected chi connectivity index (χ2v) is 11.8. The number of nitrogens with one attached hydrogen (secondary N) is 1. The van der Waals surface area contributed by atoms with E-state index in [-0.39, 0.29) is 0 Å². The van der Waals surface area contributed by atoms with Crippen LogP contribution in [0, 0.1) is 0 Å². The fourth-order valence-corrected chi connectivity index (χ4v) is 9.40. The average molecular weight is 290 g/mol. The quantitative estimate of drug-likeness (QED) is 0.817. The number of allylic oxidation sites excluding steroid dienone is 4. The van der Waals surface area contributed by atoms with Crippen LogP contribution in [0.15, 0.2) is 40.7 Å². The predicted molar refractivity (Wildman–Crippen MR) is 63.2 cm³/mol. The van der Waals surface area contributed by atoms with Gasteiger partial charge in [0.25, 0.3) is 0 Å². The van der Waals surface area contributed by atoms with E-state index in [0.717, 1.165) is 0 Å². The van der Waals surface area contributed by atoms with Gasteiger partial charge in [-0.1, -0.05) is 0 Å². The molecule has 1 nitrogen and oxygen atoms in total. The van der Waals surface area contributed by atoms with Crippen molar-refractivity contribution in [2.45, 2.75) is 30.3 Å². The molecule has 0 atom stereocenters. The molecule has 0 aliphatic heterocycles. The molecule has 0 saturated heterocycles. The van der Waals surface area contributed by atoms with E-state index in [0.29, 0.717) is 0 Å². The number of hydrogen-bond acceptors (Lipinski definition) is 0. The fraction of sp³-hybridized carbons (Fsp3) is 0.385. The van der Waals surface area contributed by atoms with Gasteiger partial charge < -0.3 is 0 Å². The molecule has 1 aromatic heterocycles. The van der Waals surface area contributed by atoms with E-state index in [9.17, 15) is 0 Å². The Labute approximate surface area is 95.1 Å². The molecule has 0 unspecified atom stereocenters. The molecule has 1 N–H and O–H groups in total. The SMILES string of the molecule is C[CH2][Ru]([CH2]C)([C]1=CC=CC1)[c]1ccc[nH]1. The van der Waals surface area contributed by atoms with Crippen molar-refractivity contribution >= 4 is 4.29 Å². The molecule has 2 heteroatoms. The Balaban J connectivity index is 2.40. The number of hydrogen-bond donors (Lipinski definition) is 1. The summed E-state index contributed by atoms with van der Waals surface area (Å²) in [5.74, 6) is 0. The van der Waals surface area contributed by atoms with Gasteiger partial charge in [-0.25, -0.2) is 0 Å². The maximum absolute atomic E-state index is 3.46. The van der Waals surface area contributed by atoms with E-state index in [1.165, 1.54) is 20.7 Å². The van der Waals surface area contributed by atoms with Crippen LogP contribution in [-0.4, -0.2) is 4.98 Å². The van der Waals surface area contributed by atoms with Crippen LogP contribution in [0.25, 0.3) is 0 Å². The van der Waals surface area contributed by atoms with E-state index < -0.39 is 14.8 Å². The molecule has 1 aromatic rings. The molecule has 84 valence electrons. The number of aromatic nitrogens is 1. The minimum atomic E-state index is -1.75. The number of rotatable bonds is 4. The molecule has 1 aliphatic rings. The van der Waals surface area contributed by atoms with Gasteiger partial charge in [0.1, 0.15) is 0 Å². The van der Waals surface area contributed by atoms with E-state index in [1.54, 1.807) is 4.17 Å². The van der Waals surface area contributed by atoms with Gasteiger partial charge in [0.15, 0.2) is 0 Å². The molecule has 0 fully saturated rings. The molecular formula is C13H19NRu. The van der Waals surface area contributed by atoms with Gasteiger partial charge in [-0.05, 0) is 0 Å². The van der Waals surface area contributed by atoms with Gasteiger partial charge in [0, 0.05) is 0 Å². The minimum absolute atomic E-state index is 1.19. The zero-order chi connectivity index (χ0) is 10.7. The van der Waals surface area contributed by atoms with Crippen LogP contribution in [-0.2, 0) is 14.8 Å². The van der Waals surface area contributed by atoms with Crippen LogP contribution >= 0.6 is 0 Å². The molecule has 0 bridgehead atoms. The van der Waals surface area contributed by atoms with Crippen molar-refractivity contribution in [1.29, 1.82) is 0 Å². The van der Waals surface area contributed by atoms with Crippen molar-refractivity contribution in [2.75, 3.05) is 0 Å². The first-order valence-corrected chi connectivity index (χ1v) is 9.68. The summed E-state index contributed by atoms with van der Waals surface area (Å²) < 4.78 is 3.25. The van der Waals surface area contributed by atoms with Crippen LogP contribution < -0.4 is 4.29 Å². The van der Waals surface area contributed by atoms with Crippen LogP contribution in [0.2, 0.25) is 10.0 Å². The summed E-state index contributed by atoms with van der Waals surface area (Å²) >= 11 is -1.75. The Kier molecular flexibility index (Phi) is 3.26. The van der Waals surface area contributed by atoms with Crippen molar-refractivity contribution in [3.8, 4) is 0 Å². The Hall–Kier alpha value is -0.617. The van der Waals surface area contributed by atoms with Crippen LogP contribution in [0.1, 0.15) is 20.3 Å². The van der Waals surface area contributed by atoms with Crippen LogP contribution in [0.4, 0.5) is 0 Å². The Bertz CT molecular complexity index is 369. The summed E-state index contributed by atoms with van der Waals surface area (Å²) in [6, 6.07) is 4.43. The third-order valence-electron chi connectivity index (χ3n) is 2.92. The molecular weight excluding hydrogens is 271 g/mol. The molecule has 0 amide bonds. The first-order valence-electron chi connectivity index (χ1n) is 5.48. The van der Waals surface area contributed by atoms with Gasteiger partial charge in [-0.3, -0.25) is 0 Å². The van der Waals surface area contributed by atoms with Crippen LogP contribution in [0.3, 0.4) is 0 Å². The predicted octanol–water partition coefficient (Wildman–Crippen LogP) is 3.51. The van der Waals surface area contributed by atoms with Crippen LogP contribution in [0.5, 0.6) is 0 Å². The van der Waals surface area contributed by atoms with E-state index in [1.807, 2.05) is 0 Å².